The first kappa shape index (κ1) is 24.6. The number of carbonyl (C=O) groups excluding carboxylic acids is 1. The van der Waals surface area contributed by atoms with E-state index in [0.29, 0.717) is 5.75 Å². The monoisotopic (exact) mass is 499 g/mol. The third-order valence-electron chi connectivity index (χ3n) is 5.22. The Labute approximate surface area is 202 Å². The summed E-state index contributed by atoms with van der Waals surface area (Å²) in [5.41, 5.74) is -0.100. The predicted octanol–water partition coefficient (Wildman–Crippen LogP) is 5.71. The highest BCUT2D eigenvalue weighted by Crippen LogP contribution is 2.36. The predicted molar refractivity (Wildman–Crippen MR) is 125 cm³/mol. The number of non-ortho nitro benzene ring substituents is 1. The lowest BCUT2D eigenvalue weighted by atomic mass is 10.1. The number of benzene rings is 2. The second kappa shape index (κ2) is 9.29. The number of nitrogens with zero attached hydrogens (tertiary/aromatic N) is 4. The van der Waals surface area contributed by atoms with Crippen molar-refractivity contribution in [2.75, 3.05) is 5.32 Å². The summed E-state index contributed by atoms with van der Waals surface area (Å²) in [6.45, 7) is 4.22. The Kier molecular flexibility index (Phi) is 6.35. The molecule has 12 heteroatoms. The quantitative estimate of drug-likeness (QED) is 0.268. The highest BCUT2D eigenvalue weighted by Gasteiger charge is 2.35. The summed E-state index contributed by atoms with van der Waals surface area (Å²) in [7, 11) is 0. The number of carbonyl (C=O) groups is 1. The van der Waals surface area contributed by atoms with Gasteiger partial charge in [0.05, 0.1) is 33.3 Å². The highest BCUT2D eigenvalue weighted by molar-refractivity contribution is 5.92. The lowest BCUT2D eigenvalue weighted by Gasteiger charge is -2.11. The van der Waals surface area contributed by atoms with Gasteiger partial charge in [0.15, 0.2) is 5.65 Å². The van der Waals surface area contributed by atoms with Gasteiger partial charge in [-0.2, -0.15) is 18.3 Å². The molecule has 0 bridgehead atoms. The van der Waals surface area contributed by atoms with E-state index in [4.69, 9.17) is 4.74 Å². The van der Waals surface area contributed by atoms with Crippen LogP contribution in [0.25, 0.3) is 11.0 Å². The number of anilines is 1. The first-order valence-corrected chi connectivity index (χ1v) is 10.7. The maximum absolute atomic E-state index is 13.5. The standard InChI is InChI=1S/C24H20F3N5O4/c1-13-5-4-6-18(7-13)36-19-10-16(9-17(11-19)32(34)35)29-21(33)12-31-23-22(15(3)30-31)20(24(25,26)27)8-14(2)28-23/h4-11H,12H2,1-3H3,(H,29,33). The number of halogens is 3. The Hall–Kier alpha value is -4.48. The average Bonchev–Trinajstić information content (AvgIpc) is 3.06. The third-order valence-corrected chi connectivity index (χ3v) is 5.22. The van der Waals surface area contributed by atoms with E-state index in [1.165, 1.54) is 26.0 Å². The topological polar surface area (TPSA) is 112 Å². The minimum atomic E-state index is -4.62. The van der Waals surface area contributed by atoms with E-state index < -0.39 is 29.1 Å². The summed E-state index contributed by atoms with van der Waals surface area (Å²) < 4.78 is 47.4. The van der Waals surface area contributed by atoms with Crippen molar-refractivity contribution in [2.24, 2.45) is 0 Å². The van der Waals surface area contributed by atoms with E-state index in [0.717, 1.165) is 22.4 Å². The number of aromatic nitrogens is 3. The normalized spacial score (nSPS) is 11.5. The molecule has 2 aromatic carbocycles. The molecule has 2 heterocycles. The lowest BCUT2D eigenvalue weighted by molar-refractivity contribution is -0.384. The number of nitro benzene ring substituents is 1. The Morgan fingerprint density at radius 3 is 2.53 bits per heavy atom. The molecule has 186 valence electrons. The van der Waals surface area contributed by atoms with Crippen LogP contribution in [0.1, 0.15) is 22.5 Å². The molecule has 0 aliphatic rings. The molecular formula is C24H20F3N5O4. The van der Waals surface area contributed by atoms with Crippen LogP contribution in [0.3, 0.4) is 0 Å². The fourth-order valence-corrected chi connectivity index (χ4v) is 3.78. The molecule has 0 spiro atoms. The van der Waals surface area contributed by atoms with Gasteiger partial charge in [-0.05, 0) is 44.5 Å². The molecular weight excluding hydrogens is 479 g/mol. The number of rotatable bonds is 6. The Morgan fingerprint density at radius 2 is 1.86 bits per heavy atom. The van der Waals surface area contributed by atoms with Gasteiger partial charge in [0.2, 0.25) is 5.91 Å². The summed E-state index contributed by atoms with van der Waals surface area (Å²) in [5.74, 6) is -0.0935. The summed E-state index contributed by atoms with van der Waals surface area (Å²) in [6.07, 6.45) is -4.62. The maximum Gasteiger partial charge on any atom is 0.417 e. The molecule has 0 radical (unpaired) electrons. The number of pyridine rings is 1. The lowest BCUT2D eigenvalue weighted by Crippen LogP contribution is -2.20. The van der Waals surface area contributed by atoms with Gasteiger partial charge in [0, 0.05) is 17.8 Å². The number of amides is 1. The van der Waals surface area contributed by atoms with E-state index in [-0.39, 0.29) is 39.5 Å². The van der Waals surface area contributed by atoms with Crippen LogP contribution in [0.4, 0.5) is 24.5 Å². The summed E-state index contributed by atoms with van der Waals surface area (Å²) in [6, 6.07) is 11.8. The number of fused-ring (bicyclic) bond motifs is 1. The molecule has 4 aromatic rings. The number of aryl methyl sites for hydroxylation is 3. The van der Waals surface area contributed by atoms with E-state index in [9.17, 15) is 28.1 Å². The second-order valence-electron chi connectivity index (χ2n) is 8.19. The van der Waals surface area contributed by atoms with E-state index in [2.05, 4.69) is 15.4 Å². The molecule has 0 unspecified atom stereocenters. The van der Waals surface area contributed by atoms with Gasteiger partial charge in [-0.15, -0.1) is 0 Å². The van der Waals surface area contributed by atoms with Gasteiger partial charge in [-0.1, -0.05) is 12.1 Å². The molecule has 0 saturated heterocycles. The molecule has 0 atom stereocenters. The summed E-state index contributed by atoms with van der Waals surface area (Å²) in [4.78, 5) is 27.7. The fraction of sp³-hybridized carbons (Fsp3) is 0.208. The number of nitro groups is 1. The van der Waals surface area contributed by atoms with Crippen LogP contribution >= 0.6 is 0 Å². The van der Waals surface area contributed by atoms with E-state index >= 15 is 0 Å². The smallest absolute Gasteiger partial charge is 0.417 e. The van der Waals surface area contributed by atoms with Crippen LogP contribution in [0.2, 0.25) is 0 Å². The van der Waals surface area contributed by atoms with Crippen LogP contribution in [0.5, 0.6) is 11.5 Å². The number of hydrogen-bond acceptors (Lipinski definition) is 6. The van der Waals surface area contributed by atoms with Crippen molar-refractivity contribution in [1.82, 2.24) is 14.8 Å². The third kappa shape index (κ3) is 5.27. The number of hydrogen-bond donors (Lipinski definition) is 1. The van der Waals surface area contributed by atoms with Crippen molar-refractivity contribution in [3.63, 3.8) is 0 Å². The zero-order valence-electron chi connectivity index (χ0n) is 19.4. The van der Waals surface area contributed by atoms with E-state index in [1.807, 2.05) is 13.0 Å². The van der Waals surface area contributed by atoms with Crippen molar-refractivity contribution < 1.29 is 27.6 Å². The number of alkyl halides is 3. The first-order chi connectivity index (χ1) is 16.9. The highest BCUT2D eigenvalue weighted by atomic mass is 19.4. The first-order valence-electron chi connectivity index (χ1n) is 10.7. The minimum absolute atomic E-state index is 0.0711. The van der Waals surface area contributed by atoms with Crippen LogP contribution < -0.4 is 10.1 Å². The molecule has 0 saturated carbocycles. The van der Waals surface area contributed by atoms with Gasteiger partial charge in [0.25, 0.3) is 5.69 Å². The fourth-order valence-electron chi connectivity index (χ4n) is 3.78. The molecule has 0 fully saturated rings. The zero-order chi connectivity index (χ0) is 26.2. The Balaban J connectivity index is 1.62. The van der Waals surface area contributed by atoms with Crippen molar-refractivity contribution >= 4 is 28.3 Å². The largest absolute Gasteiger partial charge is 0.457 e. The van der Waals surface area contributed by atoms with Crippen LogP contribution in [0, 0.1) is 30.9 Å². The number of nitrogens with one attached hydrogen (secondary N) is 1. The van der Waals surface area contributed by atoms with Gasteiger partial charge in [-0.25, -0.2) is 9.67 Å². The maximum atomic E-state index is 13.5. The molecule has 0 aliphatic carbocycles. The molecule has 0 aliphatic heterocycles. The van der Waals surface area contributed by atoms with Crippen LogP contribution in [-0.2, 0) is 17.5 Å². The second-order valence-corrected chi connectivity index (χ2v) is 8.19. The van der Waals surface area contributed by atoms with Gasteiger partial charge in [-0.3, -0.25) is 14.9 Å². The van der Waals surface area contributed by atoms with Crippen molar-refractivity contribution in [3.05, 3.63) is 81.2 Å². The molecule has 2 aromatic heterocycles. The van der Waals surface area contributed by atoms with Crippen molar-refractivity contribution in [2.45, 2.75) is 33.5 Å². The van der Waals surface area contributed by atoms with Crippen molar-refractivity contribution in [1.29, 1.82) is 0 Å². The zero-order valence-corrected chi connectivity index (χ0v) is 19.4. The van der Waals surface area contributed by atoms with Gasteiger partial charge in [0.1, 0.15) is 18.0 Å². The van der Waals surface area contributed by atoms with Crippen molar-refractivity contribution in [3.8, 4) is 11.5 Å². The van der Waals surface area contributed by atoms with Gasteiger partial charge >= 0.3 is 6.18 Å². The summed E-state index contributed by atoms with van der Waals surface area (Å²) >= 11 is 0. The molecule has 36 heavy (non-hydrogen) atoms. The average molecular weight is 499 g/mol. The van der Waals surface area contributed by atoms with E-state index in [1.54, 1.807) is 18.2 Å². The Morgan fingerprint density at radius 1 is 1.11 bits per heavy atom. The Bertz CT molecular complexity index is 1500. The minimum Gasteiger partial charge on any atom is -0.457 e. The molecule has 9 nitrogen and oxygen atoms in total. The summed E-state index contributed by atoms with van der Waals surface area (Å²) in [5, 5.41) is 17.8. The molecule has 1 amide bonds. The SMILES string of the molecule is Cc1cccc(Oc2cc(NC(=O)Cn3nc(C)c4c(C(F)(F)F)cc(C)nc43)cc([N+](=O)[O-])c2)c1. The molecule has 1 N–H and O–H groups in total. The van der Waals surface area contributed by atoms with Crippen LogP contribution in [-0.4, -0.2) is 25.6 Å². The van der Waals surface area contributed by atoms with Gasteiger partial charge < -0.3 is 10.1 Å². The molecule has 4 rings (SSSR count). The number of ether oxygens (including phenoxy) is 1. The van der Waals surface area contributed by atoms with Crippen LogP contribution in [0.15, 0.2) is 48.5 Å².